The molecule has 2 aliphatic rings. The fourth-order valence-corrected chi connectivity index (χ4v) is 4.76. The molecule has 0 bridgehead atoms. The van der Waals surface area contributed by atoms with Crippen LogP contribution in [0.1, 0.15) is 28.9 Å². The van der Waals surface area contributed by atoms with E-state index in [0.29, 0.717) is 0 Å². The van der Waals surface area contributed by atoms with Crippen molar-refractivity contribution in [2.45, 2.75) is 13.0 Å². The molecule has 2 heterocycles. The third-order valence-electron chi connectivity index (χ3n) is 6.68. The van der Waals surface area contributed by atoms with Crippen LogP contribution >= 0.6 is 0 Å². The number of nitrogens with zero attached hydrogens (tertiary/aromatic N) is 3. The maximum absolute atomic E-state index is 13.5. The minimum absolute atomic E-state index is 0.00994. The molecule has 2 atom stereocenters. The Balaban J connectivity index is 1.32. The summed E-state index contributed by atoms with van der Waals surface area (Å²) in [7, 11) is 0. The minimum Gasteiger partial charge on any atom is -0.379 e. The molecule has 0 N–H and O–H groups in total. The van der Waals surface area contributed by atoms with Crippen molar-refractivity contribution < 1.29 is 13.9 Å². The van der Waals surface area contributed by atoms with Gasteiger partial charge in [-0.05, 0) is 17.7 Å². The SMILES string of the molecule is C[C@@H](CN1CCN(C[C@@H](c2ccc(F)cc2)N2CCOCC2)CC1)C(=O)c1ccccc1. The van der Waals surface area contributed by atoms with Crippen LogP contribution in [0, 0.1) is 11.7 Å². The van der Waals surface area contributed by atoms with Gasteiger partial charge in [0.2, 0.25) is 0 Å². The lowest BCUT2D eigenvalue weighted by Crippen LogP contribution is -2.51. The summed E-state index contributed by atoms with van der Waals surface area (Å²) in [5.74, 6) is 0.0169. The first-order chi connectivity index (χ1) is 15.6. The Hall–Kier alpha value is -2.12. The van der Waals surface area contributed by atoms with E-state index >= 15 is 0 Å². The van der Waals surface area contributed by atoms with E-state index in [2.05, 4.69) is 14.7 Å². The normalized spacial score (nSPS) is 20.7. The van der Waals surface area contributed by atoms with E-state index in [1.165, 1.54) is 0 Å². The van der Waals surface area contributed by atoms with Gasteiger partial charge in [-0.15, -0.1) is 0 Å². The van der Waals surface area contributed by atoms with Crippen molar-refractivity contribution in [2.75, 3.05) is 65.6 Å². The van der Waals surface area contributed by atoms with Gasteiger partial charge in [0.25, 0.3) is 0 Å². The van der Waals surface area contributed by atoms with Crippen molar-refractivity contribution in [1.82, 2.24) is 14.7 Å². The van der Waals surface area contributed by atoms with E-state index in [1.54, 1.807) is 12.1 Å². The third kappa shape index (κ3) is 6.01. The number of halogens is 1. The van der Waals surface area contributed by atoms with E-state index in [9.17, 15) is 9.18 Å². The van der Waals surface area contributed by atoms with Gasteiger partial charge in [0.1, 0.15) is 5.82 Å². The Labute approximate surface area is 190 Å². The van der Waals surface area contributed by atoms with Gasteiger partial charge in [-0.2, -0.15) is 0 Å². The van der Waals surface area contributed by atoms with Crippen LogP contribution in [0.4, 0.5) is 4.39 Å². The molecule has 6 heteroatoms. The average molecular weight is 440 g/mol. The number of carbonyl (C=O) groups is 1. The van der Waals surface area contributed by atoms with Crippen LogP contribution in [0.25, 0.3) is 0 Å². The maximum Gasteiger partial charge on any atom is 0.166 e. The number of Topliss-reactive ketones (excluding diaryl/α,β-unsaturated/α-hetero) is 1. The van der Waals surface area contributed by atoms with Crippen LogP contribution < -0.4 is 0 Å². The highest BCUT2D eigenvalue weighted by Crippen LogP contribution is 2.24. The first-order valence-electron chi connectivity index (χ1n) is 11.7. The lowest BCUT2D eigenvalue weighted by atomic mass is 9.98. The summed E-state index contributed by atoms with van der Waals surface area (Å²) in [5.41, 5.74) is 1.96. The molecule has 2 aromatic rings. The van der Waals surface area contributed by atoms with Crippen LogP contribution in [0.2, 0.25) is 0 Å². The summed E-state index contributed by atoms with van der Waals surface area (Å²) in [6.07, 6.45) is 0. The van der Waals surface area contributed by atoms with Gasteiger partial charge in [-0.25, -0.2) is 4.39 Å². The fraction of sp³-hybridized carbons (Fsp3) is 0.500. The number of morpholine rings is 1. The molecule has 2 aromatic carbocycles. The van der Waals surface area contributed by atoms with Crippen LogP contribution in [-0.2, 0) is 4.74 Å². The minimum atomic E-state index is -0.192. The molecule has 5 nitrogen and oxygen atoms in total. The zero-order valence-electron chi connectivity index (χ0n) is 19.0. The molecular weight excluding hydrogens is 405 g/mol. The van der Waals surface area contributed by atoms with Gasteiger partial charge < -0.3 is 9.64 Å². The number of hydrogen-bond acceptors (Lipinski definition) is 5. The summed E-state index contributed by atoms with van der Waals surface area (Å²) in [6, 6.07) is 16.8. The highest BCUT2D eigenvalue weighted by atomic mass is 19.1. The first-order valence-corrected chi connectivity index (χ1v) is 11.7. The molecule has 2 saturated heterocycles. The predicted octanol–water partition coefficient (Wildman–Crippen LogP) is 3.34. The number of hydrogen-bond donors (Lipinski definition) is 0. The molecule has 0 aromatic heterocycles. The highest BCUT2D eigenvalue weighted by molar-refractivity contribution is 5.97. The molecule has 2 aliphatic heterocycles. The number of rotatable bonds is 8. The molecule has 0 amide bonds. The molecule has 0 unspecified atom stereocenters. The van der Waals surface area contributed by atoms with E-state index in [1.807, 2.05) is 49.4 Å². The van der Waals surface area contributed by atoms with E-state index < -0.39 is 0 Å². The molecule has 2 fully saturated rings. The number of ketones is 1. The molecule has 0 radical (unpaired) electrons. The summed E-state index contributed by atoms with van der Waals surface area (Å²) in [5, 5.41) is 0. The number of piperazine rings is 1. The third-order valence-corrected chi connectivity index (χ3v) is 6.68. The monoisotopic (exact) mass is 439 g/mol. The molecule has 32 heavy (non-hydrogen) atoms. The summed E-state index contributed by atoms with van der Waals surface area (Å²) < 4.78 is 19.0. The molecule has 0 aliphatic carbocycles. The van der Waals surface area contributed by atoms with E-state index in [-0.39, 0.29) is 23.6 Å². The van der Waals surface area contributed by atoms with Crippen molar-refractivity contribution in [3.05, 3.63) is 71.5 Å². The zero-order chi connectivity index (χ0) is 22.3. The standard InChI is InChI=1S/C26H34FN3O2/c1-21(26(31)23-5-3-2-4-6-23)19-28-11-13-29(14-12-28)20-25(30-15-17-32-18-16-30)22-7-9-24(27)10-8-22/h2-10,21,25H,11-20H2,1H3/t21-,25-/m0/s1. The fourth-order valence-electron chi connectivity index (χ4n) is 4.76. The second-order valence-electron chi connectivity index (χ2n) is 8.95. The summed E-state index contributed by atoms with van der Waals surface area (Å²) in [4.78, 5) is 20.1. The first kappa shape index (κ1) is 23.1. The quantitative estimate of drug-likeness (QED) is 0.590. The molecular formula is C26H34FN3O2. The largest absolute Gasteiger partial charge is 0.379 e. The van der Waals surface area contributed by atoms with Gasteiger partial charge in [0.05, 0.1) is 13.2 Å². The van der Waals surface area contributed by atoms with Crippen molar-refractivity contribution in [1.29, 1.82) is 0 Å². The summed E-state index contributed by atoms with van der Waals surface area (Å²) in [6.45, 7) is 11.0. The Morgan fingerprint density at radius 1 is 0.875 bits per heavy atom. The second-order valence-corrected chi connectivity index (χ2v) is 8.95. The molecule has 0 spiro atoms. The molecule has 0 saturated carbocycles. The van der Waals surface area contributed by atoms with Crippen LogP contribution in [0.5, 0.6) is 0 Å². The number of benzene rings is 2. The van der Waals surface area contributed by atoms with Crippen molar-refractivity contribution in [3.63, 3.8) is 0 Å². The van der Waals surface area contributed by atoms with Crippen LogP contribution in [0.3, 0.4) is 0 Å². The second kappa shape index (κ2) is 11.1. The Kier molecular flexibility index (Phi) is 8.03. The van der Waals surface area contributed by atoms with Gasteiger partial charge in [0.15, 0.2) is 5.78 Å². The van der Waals surface area contributed by atoms with Crippen LogP contribution in [-0.4, -0.2) is 86.1 Å². The highest BCUT2D eigenvalue weighted by Gasteiger charge is 2.28. The smallest absolute Gasteiger partial charge is 0.166 e. The van der Waals surface area contributed by atoms with Gasteiger partial charge >= 0.3 is 0 Å². The van der Waals surface area contributed by atoms with Gasteiger partial charge in [-0.3, -0.25) is 14.6 Å². The Bertz CT molecular complexity index is 847. The topological polar surface area (TPSA) is 36.0 Å². The van der Waals surface area contributed by atoms with E-state index in [4.69, 9.17) is 4.74 Å². The van der Waals surface area contributed by atoms with Gasteiger partial charge in [-0.1, -0.05) is 49.4 Å². The van der Waals surface area contributed by atoms with Crippen molar-refractivity contribution in [3.8, 4) is 0 Å². The Morgan fingerprint density at radius 2 is 1.47 bits per heavy atom. The Morgan fingerprint density at radius 3 is 2.09 bits per heavy atom. The zero-order valence-corrected chi connectivity index (χ0v) is 19.0. The lowest BCUT2D eigenvalue weighted by molar-refractivity contribution is 0.00272. The van der Waals surface area contributed by atoms with Crippen molar-refractivity contribution >= 4 is 5.78 Å². The maximum atomic E-state index is 13.5. The molecule has 4 rings (SSSR count). The lowest BCUT2D eigenvalue weighted by Gasteiger charge is -2.41. The molecule has 172 valence electrons. The predicted molar refractivity (Wildman–Crippen MR) is 124 cm³/mol. The number of carbonyl (C=O) groups excluding carboxylic acids is 1. The average Bonchev–Trinajstić information content (AvgIpc) is 2.85. The summed E-state index contributed by atoms with van der Waals surface area (Å²) >= 11 is 0. The van der Waals surface area contributed by atoms with E-state index in [0.717, 1.165) is 76.7 Å². The van der Waals surface area contributed by atoms with Crippen molar-refractivity contribution in [2.24, 2.45) is 5.92 Å². The van der Waals surface area contributed by atoms with Crippen LogP contribution in [0.15, 0.2) is 54.6 Å². The van der Waals surface area contributed by atoms with Gasteiger partial charge in [0, 0.05) is 69.9 Å². The number of ether oxygens (including phenoxy) is 1.